The number of aromatic nitrogens is 2. The Labute approximate surface area is 192 Å². The van der Waals surface area contributed by atoms with Crippen molar-refractivity contribution < 1.29 is 9.59 Å². The third kappa shape index (κ3) is 4.06. The Morgan fingerprint density at radius 3 is 2.61 bits per heavy atom. The van der Waals surface area contributed by atoms with Crippen LogP contribution in [0.4, 0.5) is 0 Å². The zero-order valence-corrected chi connectivity index (χ0v) is 18.6. The maximum atomic E-state index is 13.2. The fourth-order valence-corrected chi connectivity index (χ4v) is 4.84. The summed E-state index contributed by atoms with van der Waals surface area (Å²) in [5, 5.41) is 0. The number of hydrogen-bond donors (Lipinski definition) is 1. The van der Waals surface area contributed by atoms with Gasteiger partial charge in [0.2, 0.25) is 5.91 Å². The molecule has 1 fully saturated rings. The molecule has 0 aliphatic carbocycles. The van der Waals surface area contributed by atoms with E-state index in [9.17, 15) is 14.4 Å². The first-order valence-electron chi connectivity index (χ1n) is 11.3. The van der Waals surface area contributed by atoms with E-state index in [2.05, 4.69) is 4.98 Å². The fourth-order valence-electron chi connectivity index (χ4n) is 4.84. The highest BCUT2D eigenvalue weighted by atomic mass is 16.2. The second-order valence-electron chi connectivity index (χ2n) is 8.74. The molecule has 1 N–H and O–H groups in total. The van der Waals surface area contributed by atoms with Gasteiger partial charge in [0.05, 0.1) is 6.04 Å². The molecule has 1 atom stereocenters. The van der Waals surface area contributed by atoms with Gasteiger partial charge in [-0.2, -0.15) is 0 Å². The number of aromatic amines is 1. The standard InChI is InChI=1S/C26H26N4O3/c1-17-21(14-18-8-3-2-4-9-18)25(32)28-24(27-17)22-12-7-13-30(22)23(31)16-29-15-19-10-5-6-11-20(19)26(29)33/h2-6,8-11,22H,7,12-16H2,1H3,(H,27,28,32). The molecule has 7 nitrogen and oxygen atoms in total. The fraction of sp³-hybridized carbons (Fsp3) is 0.308. The Kier molecular flexibility index (Phi) is 5.54. The molecule has 0 radical (unpaired) electrons. The van der Waals surface area contributed by atoms with Crippen LogP contribution in [0.2, 0.25) is 0 Å². The average molecular weight is 443 g/mol. The number of nitrogens with zero attached hydrogens (tertiary/aromatic N) is 3. The van der Waals surface area contributed by atoms with Crippen molar-refractivity contribution >= 4 is 11.8 Å². The number of H-pyrrole nitrogens is 1. The molecule has 0 bridgehead atoms. The van der Waals surface area contributed by atoms with Crippen LogP contribution in [-0.4, -0.2) is 44.7 Å². The van der Waals surface area contributed by atoms with Crippen molar-refractivity contribution in [3.63, 3.8) is 0 Å². The van der Waals surface area contributed by atoms with Crippen molar-refractivity contribution in [2.24, 2.45) is 0 Å². The van der Waals surface area contributed by atoms with E-state index in [0.29, 0.717) is 42.2 Å². The lowest BCUT2D eigenvalue weighted by Crippen LogP contribution is -2.41. The molecule has 7 heteroatoms. The number of aryl methyl sites for hydroxylation is 1. The summed E-state index contributed by atoms with van der Waals surface area (Å²) in [6.07, 6.45) is 2.08. The van der Waals surface area contributed by atoms with Gasteiger partial charge in [0.25, 0.3) is 11.5 Å². The first-order chi connectivity index (χ1) is 16.0. The van der Waals surface area contributed by atoms with Crippen molar-refractivity contribution in [3.8, 4) is 0 Å². The second kappa shape index (κ2) is 8.65. The molecule has 0 spiro atoms. The Bertz CT molecular complexity index is 1270. The molecule has 1 aromatic heterocycles. The lowest BCUT2D eigenvalue weighted by Gasteiger charge is -2.26. The van der Waals surface area contributed by atoms with E-state index in [1.54, 1.807) is 15.9 Å². The Morgan fingerprint density at radius 2 is 1.85 bits per heavy atom. The zero-order chi connectivity index (χ0) is 22.9. The summed E-state index contributed by atoms with van der Waals surface area (Å²) < 4.78 is 0. The van der Waals surface area contributed by atoms with Gasteiger partial charge < -0.3 is 14.8 Å². The Balaban J connectivity index is 1.33. The minimum Gasteiger partial charge on any atom is -0.331 e. The van der Waals surface area contributed by atoms with E-state index in [4.69, 9.17) is 4.98 Å². The lowest BCUT2D eigenvalue weighted by atomic mass is 10.0. The van der Waals surface area contributed by atoms with Crippen LogP contribution >= 0.6 is 0 Å². The average Bonchev–Trinajstić information content (AvgIpc) is 3.42. The molecular weight excluding hydrogens is 416 g/mol. The quantitative estimate of drug-likeness (QED) is 0.658. The van der Waals surface area contributed by atoms with Gasteiger partial charge in [-0.25, -0.2) is 4.98 Å². The molecule has 168 valence electrons. The Hall–Kier alpha value is -3.74. The number of amides is 2. The lowest BCUT2D eigenvalue weighted by molar-refractivity contribution is -0.133. The number of rotatable bonds is 5. The van der Waals surface area contributed by atoms with Crippen LogP contribution in [0.3, 0.4) is 0 Å². The van der Waals surface area contributed by atoms with E-state index in [-0.39, 0.29) is 30.0 Å². The smallest absolute Gasteiger partial charge is 0.254 e. The van der Waals surface area contributed by atoms with Crippen LogP contribution in [0.5, 0.6) is 0 Å². The van der Waals surface area contributed by atoms with Gasteiger partial charge in [-0.05, 0) is 37.0 Å². The van der Waals surface area contributed by atoms with E-state index >= 15 is 0 Å². The highest BCUT2D eigenvalue weighted by Crippen LogP contribution is 2.31. The predicted molar refractivity (Wildman–Crippen MR) is 124 cm³/mol. The second-order valence-corrected chi connectivity index (χ2v) is 8.74. The Morgan fingerprint density at radius 1 is 1.09 bits per heavy atom. The molecule has 33 heavy (non-hydrogen) atoms. The number of nitrogens with one attached hydrogen (secondary N) is 1. The summed E-state index contributed by atoms with van der Waals surface area (Å²) in [6.45, 7) is 2.91. The third-order valence-corrected chi connectivity index (χ3v) is 6.58. The van der Waals surface area contributed by atoms with Crippen molar-refractivity contribution in [2.45, 2.75) is 38.8 Å². The number of likely N-dealkylation sites (tertiary alicyclic amines) is 1. The van der Waals surface area contributed by atoms with Gasteiger partial charge in [0.1, 0.15) is 12.4 Å². The number of benzene rings is 2. The predicted octanol–water partition coefficient (Wildman–Crippen LogP) is 2.99. The number of fused-ring (bicyclic) bond motifs is 1. The molecule has 5 rings (SSSR count). The highest BCUT2D eigenvalue weighted by Gasteiger charge is 2.35. The monoisotopic (exact) mass is 442 g/mol. The summed E-state index contributed by atoms with van der Waals surface area (Å²) in [7, 11) is 0. The molecule has 1 unspecified atom stereocenters. The number of carbonyl (C=O) groups excluding carboxylic acids is 2. The summed E-state index contributed by atoms with van der Waals surface area (Å²) in [5.41, 5.74) is 3.83. The molecule has 0 saturated carbocycles. The van der Waals surface area contributed by atoms with Gasteiger partial charge in [0.15, 0.2) is 0 Å². The minimum absolute atomic E-state index is 0.0271. The first kappa shape index (κ1) is 21.1. The molecule has 3 aromatic rings. The largest absolute Gasteiger partial charge is 0.331 e. The van der Waals surface area contributed by atoms with Gasteiger partial charge in [-0.15, -0.1) is 0 Å². The summed E-state index contributed by atoms with van der Waals surface area (Å²) in [5.74, 6) is 0.297. The molecule has 2 aromatic carbocycles. The molecule has 1 saturated heterocycles. The molecule has 2 amide bonds. The molecular formula is C26H26N4O3. The maximum absolute atomic E-state index is 13.2. The van der Waals surface area contributed by atoms with Crippen molar-refractivity contribution in [1.82, 2.24) is 19.8 Å². The van der Waals surface area contributed by atoms with Crippen LogP contribution in [0.1, 0.15) is 57.5 Å². The van der Waals surface area contributed by atoms with E-state index in [1.807, 2.05) is 55.5 Å². The highest BCUT2D eigenvalue weighted by molar-refractivity contribution is 6.00. The summed E-state index contributed by atoms with van der Waals surface area (Å²) >= 11 is 0. The van der Waals surface area contributed by atoms with Crippen molar-refractivity contribution in [1.29, 1.82) is 0 Å². The summed E-state index contributed by atoms with van der Waals surface area (Å²) in [4.78, 5) is 49.7. The molecule has 3 heterocycles. The normalized spacial score (nSPS) is 17.5. The topological polar surface area (TPSA) is 86.4 Å². The zero-order valence-electron chi connectivity index (χ0n) is 18.6. The van der Waals surface area contributed by atoms with Crippen LogP contribution in [0, 0.1) is 6.92 Å². The van der Waals surface area contributed by atoms with Crippen molar-refractivity contribution in [2.75, 3.05) is 13.1 Å². The van der Waals surface area contributed by atoms with E-state index < -0.39 is 0 Å². The third-order valence-electron chi connectivity index (χ3n) is 6.58. The van der Waals surface area contributed by atoms with Gasteiger partial charge in [-0.1, -0.05) is 48.5 Å². The van der Waals surface area contributed by atoms with Crippen LogP contribution < -0.4 is 5.56 Å². The maximum Gasteiger partial charge on any atom is 0.254 e. The summed E-state index contributed by atoms with van der Waals surface area (Å²) in [6, 6.07) is 17.0. The van der Waals surface area contributed by atoms with E-state index in [1.165, 1.54) is 0 Å². The van der Waals surface area contributed by atoms with Crippen molar-refractivity contribution in [3.05, 3.63) is 98.7 Å². The SMILES string of the molecule is Cc1nc(C2CCCN2C(=O)CN2Cc3ccccc3C2=O)[nH]c(=O)c1Cc1ccccc1. The van der Waals surface area contributed by atoms with Crippen LogP contribution in [-0.2, 0) is 17.8 Å². The molecule has 2 aliphatic rings. The van der Waals surface area contributed by atoms with Gasteiger partial charge >= 0.3 is 0 Å². The first-order valence-corrected chi connectivity index (χ1v) is 11.3. The number of hydrogen-bond acceptors (Lipinski definition) is 4. The molecule has 2 aliphatic heterocycles. The number of carbonyl (C=O) groups is 2. The van der Waals surface area contributed by atoms with Crippen LogP contribution in [0.25, 0.3) is 0 Å². The van der Waals surface area contributed by atoms with Gasteiger partial charge in [-0.3, -0.25) is 14.4 Å². The van der Waals surface area contributed by atoms with Crippen LogP contribution in [0.15, 0.2) is 59.4 Å². The minimum atomic E-state index is -0.283. The van der Waals surface area contributed by atoms with Gasteiger partial charge in [0, 0.05) is 36.3 Å². The van der Waals surface area contributed by atoms with E-state index in [0.717, 1.165) is 24.0 Å².